The minimum absolute atomic E-state index is 0.0364. The topological polar surface area (TPSA) is 95.1 Å². The standard InChI is InChI=1S/C11H10ClN5O2S/c12-8-3-1-7(2-4-8)10-15-11(13)17(16-10)19-9(18)5-14-6-20/h1-4,6H,5H2,(H,14,20)(H2,13,15,16). The largest absolute Gasteiger partial charge is 0.372 e. The normalized spacial score (nSPS) is 10.1. The molecule has 0 spiro atoms. The van der Waals surface area contributed by atoms with E-state index in [1.165, 1.54) is 5.49 Å². The first kappa shape index (κ1) is 14.2. The molecule has 0 bridgehead atoms. The fourth-order valence-corrected chi connectivity index (χ4v) is 1.56. The fraction of sp³-hybridized carbons (Fsp3) is 0.0909. The molecule has 3 N–H and O–H groups in total. The van der Waals surface area contributed by atoms with Gasteiger partial charge in [0.15, 0.2) is 5.82 Å². The lowest BCUT2D eigenvalue weighted by Gasteiger charge is -2.02. The van der Waals surface area contributed by atoms with Crippen molar-refractivity contribution in [3.05, 3.63) is 29.3 Å². The highest BCUT2D eigenvalue weighted by Crippen LogP contribution is 2.18. The monoisotopic (exact) mass is 311 g/mol. The zero-order valence-corrected chi connectivity index (χ0v) is 11.7. The molecule has 0 radical (unpaired) electrons. The number of halogens is 1. The maximum absolute atomic E-state index is 11.4. The van der Waals surface area contributed by atoms with Gasteiger partial charge in [0.1, 0.15) is 6.54 Å². The molecule has 0 aliphatic carbocycles. The Kier molecular flexibility index (Phi) is 4.49. The molecule has 0 aliphatic rings. The van der Waals surface area contributed by atoms with Crippen molar-refractivity contribution in [3.8, 4) is 11.4 Å². The van der Waals surface area contributed by atoms with Crippen LogP contribution >= 0.6 is 23.8 Å². The summed E-state index contributed by atoms with van der Waals surface area (Å²) in [6.07, 6.45) is 0. The van der Waals surface area contributed by atoms with Gasteiger partial charge in [-0.05, 0) is 24.3 Å². The van der Waals surface area contributed by atoms with Gasteiger partial charge in [-0.1, -0.05) is 28.7 Å². The van der Waals surface area contributed by atoms with Crippen molar-refractivity contribution in [3.63, 3.8) is 0 Å². The molecule has 0 aliphatic heterocycles. The van der Waals surface area contributed by atoms with E-state index >= 15 is 0 Å². The molecule has 7 nitrogen and oxygen atoms in total. The van der Waals surface area contributed by atoms with Gasteiger partial charge in [0.2, 0.25) is 0 Å². The molecule has 0 unspecified atom stereocenters. The van der Waals surface area contributed by atoms with Crippen LogP contribution in [0.4, 0.5) is 5.95 Å². The smallest absolute Gasteiger partial charge is 0.353 e. The number of aromatic nitrogens is 3. The molecule has 0 saturated heterocycles. The zero-order valence-electron chi connectivity index (χ0n) is 10.1. The number of nitrogen functional groups attached to an aromatic ring is 1. The van der Waals surface area contributed by atoms with E-state index < -0.39 is 5.97 Å². The van der Waals surface area contributed by atoms with Crippen LogP contribution in [-0.4, -0.2) is 32.9 Å². The highest BCUT2D eigenvalue weighted by Gasteiger charge is 2.13. The molecule has 0 fully saturated rings. The van der Waals surface area contributed by atoms with Crippen molar-refractivity contribution in [1.82, 2.24) is 20.2 Å². The molecule has 104 valence electrons. The minimum Gasteiger partial charge on any atom is -0.372 e. The van der Waals surface area contributed by atoms with Crippen molar-refractivity contribution in [1.29, 1.82) is 0 Å². The number of anilines is 1. The molecule has 0 amide bonds. The minimum atomic E-state index is -0.592. The van der Waals surface area contributed by atoms with Gasteiger partial charge in [-0.3, -0.25) is 0 Å². The number of hydrogen-bond donors (Lipinski definition) is 2. The van der Waals surface area contributed by atoms with Crippen LogP contribution in [0.15, 0.2) is 24.3 Å². The summed E-state index contributed by atoms with van der Waals surface area (Å²) in [5, 5.41) is 7.12. The maximum Gasteiger partial charge on any atom is 0.353 e. The van der Waals surface area contributed by atoms with Crippen LogP contribution in [-0.2, 0) is 4.79 Å². The number of nitrogens with zero attached hydrogens (tertiary/aromatic N) is 3. The second kappa shape index (κ2) is 6.31. The summed E-state index contributed by atoms with van der Waals surface area (Å²) in [7, 11) is 0. The fourth-order valence-electron chi connectivity index (χ4n) is 1.35. The molecule has 2 rings (SSSR count). The van der Waals surface area contributed by atoms with Crippen LogP contribution < -0.4 is 15.9 Å². The summed E-state index contributed by atoms with van der Waals surface area (Å²) in [4.78, 5) is 21.2. The van der Waals surface area contributed by atoms with Crippen molar-refractivity contribution in [2.75, 3.05) is 12.3 Å². The molecular formula is C11H10ClN5O2S. The van der Waals surface area contributed by atoms with E-state index in [-0.39, 0.29) is 12.5 Å². The first-order chi connectivity index (χ1) is 9.60. The summed E-state index contributed by atoms with van der Waals surface area (Å²) >= 11 is 10.3. The summed E-state index contributed by atoms with van der Waals surface area (Å²) in [5.74, 6) is -0.300. The lowest BCUT2D eigenvalue weighted by molar-refractivity contribution is -0.144. The number of nitrogens with one attached hydrogen (secondary N) is 1. The predicted molar refractivity (Wildman–Crippen MR) is 78.1 cm³/mol. The Morgan fingerprint density at radius 2 is 2.20 bits per heavy atom. The van der Waals surface area contributed by atoms with Gasteiger partial charge < -0.3 is 15.9 Å². The van der Waals surface area contributed by atoms with E-state index in [1.807, 2.05) is 0 Å². The number of carbonyl (C=O) groups excluding carboxylic acids is 1. The van der Waals surface area contributed by atoms with E-state index in [1.54, 1.807) is 24.3 Å². The zero-order chi connectivity index (χ0) is 14.5. The third-order valence-electron chi connectivity index (χ3n) is 2.22. The van der Waals surface area contributed by atoms with Crippen molar-refractivity contribution in [2.24, 2.45) is 0 Å². The third kappa shape index (κ3) is 3.43. The van der Waals surface area contributed by atoms with Crippen LogP contribution in [0.1, 0.15) is 0 Å². The third-order valence-corrected chi connectivity index (χ3v) is 2.64. The molecule has 1 aromatic heterocycles. The molecule has 0 atom stereocenters. The van der Waals surface area contributed by atoms with Crippen LogP contribution in [0.5, 0.6) is 0 Å². The van der Waals surface area contributed by atoms with Gasteiger partial charge in [-0.15, -0.1) is 5.10 Å². The lowest BCUT2D eigenvalue weighted by atomic mass is 10.2. The Morgan fingerprint density at radius 3 is 2.85 bits per heavy atom. The Balaban J connectivity index is 2.15. The quantitative estimate of drug-likeness (QED) is 0.784. The highest BCUT2D eigenvalue weighted by atomic mass is 35.5. The van der Waals surface area contributed by atoms with Gasteiger partial charge in [0.05, 0.1) is 5.49 Å². The van der Waals surface area contributed by atoms with Gasteiger partial charge in [-0.25, -0.2) is 4.79 Å². The van der Waals surface area contributed by atoms with Gasteiger partial charge in [0.25, 0.3) is 5.95 Å². The molecule has 1 aromatic carbocycles. The maximum atomic E-state index is 11.4. The van der Waals surface area contributed by atoms with Gasteiger partial charge in [-0.2, -0.15) is 4.98 Å². The Hall–Kier alpha value is -2.19. The number of hydrogen-bond acceptors (Lipinski definition) is 6. The molecule has 0 saturated carbocycles. The number of thiocarbonyl (C=S) groups is 1. The second-order valence-corrected chi connectivity index (χ2v) is 4.31. The molecule has 9 heteroatoms. The Morgan fingerprint density at radius 1 is 1.50 bits per heavy atom. The number of carbonyl (C=O) groups is 1. The van der Waals surface area contributed by atoms with Gasteiger partial charge in [0, 0.05) is 10.6 Å². The molecular weight excluding hydrogens is 302 g/mol. The average molecular weight is 312 g/mol. The number of benzene rings is 1. The van der Waals surface area contributed by atoms with Crippen molar-refractivity contribution in [2.45, 2.75) is 0 Å². The highest BCUT2D eigenvalue weighted by molar-refractivity contribution is 7.78. The van der Waals surface area contributed by atoms with E-state index in [2.05, 4.69) is 27.6 Å². The first-order valence-corrected chi connectivity index (χ1v) is 6.32. The first-order valence-electron chi connectivity index (χ1n) is 5.47. The van der Waals surface area contributed by atoms with Crippen LogP contribution in [0.25, 0.3) is 11.4 Å². The van der Waals surface area contributed by atoms with E-state index in [0.29, 0.717) is 16.4 Å². The van der Waals surface area contributed by atoms with Crippen LogP contribution in [0.3, 0.4) is 0 Å². The Labute approximate surface area is 124 Å². The summed E-state index contributed by atoms with van der Waals surface area (Å²) in [6.45, 7) is -0.0842. The Bertz CT molecular complexity index is 628. The van der Waals surface area contributed by atoms with Crippen molar-refractivity contribution >= 4 is 41.2 Å². The molecule has 20 heavy (non-hydrogen) atoms. The number of rotatable bonds is 5. The SMILES string of the molecule is Nc1nc(-c2ccc(Cl)cc2)nn1OC(=O)CNC=S. The lowest BCUT2D eigenvalue weighted by Crippen LogP contribution is -2.31. The van der Waals surface area contributed by atoms with Crippen LogP contribution in [0, 0.1) is 0 Å². The average Bonchev–Trinajstić information content (AvgIpc) is 2.78. The van der Waals surface area contributed by atoms with E-state index in [9.17, 15) is 4.79 Å². The summed E-state index contributed by atoms with van der Waals surface area (Å²) in [6, 6.07) is 6.86. The molecule has 1 heterocycles. The second-order valence-electron chi connectivity index (χ2n) is 3.64. The van der Waals surface area contributed by atoms with E-state index in [0.717, 1.165) is 4.85 Å². The predicted octanol–water partition coefficient (Wildman–Crippen LogP) is 0.683. The summed E-state index contributed by atoms with van der Waals surface area (Å²) < 4.78 is 0. The van der Waals surface area contributed by atoms with Crippen molar-refractivity contribution < 1.29 is 9.63 Å². The van der Waals surface area contributed by atoms with Gasteiger partial charge >= 0.3 is 5.97 Å². The summed E-state index contributed by atoms with van der Waals surface area (Å²) in [5.41, 5.74) is 7.54. The number of nitrogens with two attached hydrogens (primary N) is 1. The van der Waals surface area contributed by atoms with E-state index in [4.69, 9.17) is 22.2 Å². The van der Waals surface area contributed by atoms with Crippen LogP contribution in [0.2, 0.25) is 5.02 Å². The molecule has 2 aromatic rings.